The lowest BCUT2D eigenvalue weighted by molar-refractivity contribution is 0.0938. The van der Waals surface area contributed by atoms with Crippen molar-refractivity contribution in [3.8, 4) is 0 Å². The molecular weight excluding hydrogens is 244 g/mol. The minimum absolute atomic E-state index is 0.00532. The summed E-state index contributed by atoms with van der Waals surface area (Å²) >= 11 is 1.85. The van der Waals surface area contributed by atoms with Crippen LogP contribution in [0.25, 0.3) is 0 Å². The van der Waals surface area contributed by atoms with Gasteiger partial charge in [-0.2, -0.15) is 11.8 Å². The van der Waals surface area contributed by atoms with E-state index < -0.39 is 0 Å². The minimum atomic E-state index is 0.00532. The second kappa shape index (κ2) is 5.65. The molecule has 2 atom stereocenters. The number of thioether (sulfide) groups is 1. The summed E-state index contributed by atoms with van der Waals surface area (Å²) in [5.41, 5.74) is 8.08. The third kappa shape index (κ3) is 2.64. The molecule has 1 aromatic carbocycles. The van der Waals surface area contributed by atoms with Crippen LogP contribution in [0.15, 0.2) is 18.2 Å². The van der Waals surface area contributed by atoms with Crippen molar-refractivity contribution in [3.63, 3.8) is 0 Å². The summed E-state index contributed by atoms with van der Waals surface area (Å²) < 4.78 is 0. The molecule has 2 rings (SSSR count). The molecule has 1 fully saturated rings. The van der Waals surface area contributed by atoms with E-state index in [0.29, 0.717) is 22.5 Å². The van der Waals surface area contributed by atoms with Gasteiger partial charge in [0.25, 0.3) is 5.91 Å². The Balaban J connectivity index is 2.10. The van der Waals surface area contributed by atoms with Crippen LogP contribution in [0.2, 0.25) is 0 Å². The number of rotatable bonds is 3. The first-order valence-electron chi connectivity index (χ1n) is 6.32. The van der Waals surface area contributed by atoms with Gasteiger partial charge in [-0.3, -0.25) is 4.79 Å². The van der Waals surface area contributed by atoms with Crippen LogP contribution in [0.4, 0.5) is 5.69 Å². The van der Waals surface area contributed by atoms with Crippen molar-refractivity contribution in [2.45, 2.75) is 37.5 Å². The predicted octanol–water partition coefficient (Wildman–Crippen LogP) is 2.59. The van der Waals surface area contributed by atoms with E-state index in [0.717, 1.165) is 12.0 Å². The first kappa shape index (κ1) is 13.3. The molecule has 2 unspecified atom stereocenters. The second-order valence-electron chi connectivity index (χ2n) is 4.80. The normalized spacial score (nSPS) is 23.0. The van der Waals surface area contributed by atoms with Gasteiger partial charge in [0.2, 0.25) is 0 Å². The van der Waals surface area contributed by atoms with Crippen LogP contribution in [0.5, 0.6) is 0 Å². The molecule has 3 nitrogen and oxygen atoms in total. The van der Waals surface area contributed by atoms with Crippen molar-refractivity contribution in [2.24, 2.45) is 0 Å². The third-order valence-electron chi connectivity index (χ3n) is 3.69. The molecule has 98 valence electrons. The number of benzene rings is 1. The molecule has 1 aromatic rings. The Bertz CT molecular complexity index is 447. The van der Waals surface area contributed by atoms with E-state index >= 15 is 0 Å². The van der Waals surface area contributed by atoms with Gasteiger partial charge in [0.05, 0.1) is 0 Å². The highest BCUT2D eigenvalue weighted by Crippen LogP contribution is 2.28. The van der Waals surface area contributed by atoms with Crippen molar-refractivity contribution in [1.29, 1.82) is 0 Å². The molecule has 1 saturated carbocycles. The average Bonchev–Trinajstić information content (AvgIpc) is 2.79. The molecule has 0 aromatic heterocycles. The maximum absolute atomic E-state index is 12.3. The number of nitrogen functional groups attached to an aromatic ring is 1. The van der Waals surface area contributed by atoms with Crippen LogP contribution in [-0.4, -0.2) is 23.5 Å². The summed E-state index contributed by atoms with van der Waals surface area (Å²) in [4.78, 5) is 12.3. The Morgan fingerprint density at radius 2 is 2.22 bits per heavy atom. The quantitative estimate of drug-likeness (QED) is 0.825. The van der Waals surface area contributed by atoms with Crippen molar-refractivity contribution in [1.82, 2.24) is 5.32 Å². The first-order valence-corrected chi connectivity index (χ1v) is 7.61. The molecule has 0 radical (unpaired) electrons. The SMILES string of the molecule is CSC1CCCC1NC(=O)c1cccc(N)c1C. The van der Waals surface area contributed by atoms with Gasteiger partial charge in [-0.1, -0.05) is 12.5 Å². The first-order chi connectivity index (χ1) is 8.63. The molecule has 0 bridgehead atoms. The van der Waals surface area contributed by atoms with Gasteiger partial charge in [0, 0.05) is 22.5 Å². The highest BCUT2D eigenvalue weighted by molar-refractivity contribution is 7.99. The molecule has 1 amide bonds. The molecule has 4 heteroatoms. The van der Waals surface area contributed by atoms with Crippen LogP contribution in [0.3, 0.4) is 0 Å². The largest absolute Gasteiger partial charge is 0.398 e. The zero-order valence-corrected chi connectivity index (χ0v) is 11.7. The van der Waals surface area contributed by atoms with Crippen LogP contribution in [0.1, 0.15) is 35.2 Å². The van der Waals surface area contributed by atoms with Crippen molar-refractivity contribution in [3.05, 3.63) is 29.3 Å². The molecule has 0 aliphatic heterocycles. The number of carbonyl (C=O) groups is 1. The molecule has 3 N–H and O–H groups in total. The lowest BCUT2D eigenvalue weighted by Crippen LogP contribution is -2.38. The topological polar surface area (TPSA) is 55.1 Å². The Morgan fingerprint density at radius 3 is 2.94 bits per heavy atom. The predicted molar refractivity (Wildman–Crippen MR) is 78.0 cm³/mol. The van der Waals surface area contributed by atoms with Crippen molar-refractivity contribution >= 4 is 23.4 Å². The number of amides is 1. The highest BCUT2D eigenvalue weighted by atomic mass is 32.2. The zero-order valence-electron chi connectivity index (χ0n) is 10.9. The lowest BCUT2D eigenvalue weighted by Gasteiger charge is -2.20. The van der Waals surface area contributed by atoms with Gasteiger partial charge in [-0.25, -0.2) is 0 Å². The van der Waals surface area contributed by atoms with Crippen LogP contribution in [-0.2, 0) is 0 Å². The van der Waals surface area contributed by atoms with Crippen LogP contribution in [0, 0.1) is 6.92 Å². The minimum Gasteiger partial charge on any atom is -0.398 e. The number of nitrogens with one attached hydrogen (secondary N) is 1. The van der Waals surface area contributed by atoms with Gasteiger partial charge in [0.15, 0.2) is 0 Å². The number of hydrogen-bond acceptors (Lipinski definition) is 3. The second-order valence-corrected chi connectivity index (χ2v) is 5.88. The monoisotopic (exact) mass is 264 g/mol. The van der Waals surface area contributed by atoms with E-state index in [9.17, 15) is 4.79 Å². The number of anilines is 1. The van der Waals surface area contributed by atoms with Crippen LogP contribution < -0.4 is 11.1 Å². The van der Waals surface area contributed by atoms with Gasteiger partial charge >= 0.3 is 0 Å². The Labute approximate surface area is 113 Å². The lowest BCUT2D eigenvalue weighted by atomic mass is 10.1. The molecule has 1 aliphatic carbocycles. The zero-order chi connectivity index (χ0) is 13.1. The van der Waals surface area contributed by atoms with E-state index in [1.807, 2.05) is 36.9 Å². The maximum atomic E-state index is 12.3. The third-order valence-corrected chi connectivity index (χ3v) is 4.86. The van der Waals surface area contributed by atoms with E-state index in [2.05, 4.69) is 11.6 Å². The summed E-state index contributed by atoms with van der Waals surface area (Å²) in [5, 5.41) is 3.70. The van der Waals surface area contributed by atoms with Gasteiger partial charge in [0.1, 0.15) is 0 Å². The molecule has 18 heavy (non-hydrogen) atoms. The van der Waals surface area contributed by atoms with Crippen molar-refractivity contribution < 1.29 is 4.79 Å². The number of carbonyl (C=O) groups excluding carboxylic acids is 1. The van der Waals surface area contributed by atoms with Crippen molar-refractivity contribution in [2.75, 3.05) is 12.0 Å². The van der Waals surface area contributed by atoms with Crippen LogP contribution >= 0.6 is 11.8 Å². The summed E-state index contributed by atoms with van der Waals surface area (Å²) in [6.07, 6.45) is 5.59. The van der Waals surface area contributed by atoms with E-state index in [1.165, 1.54) is 12.8 Å². The highest BCUT2D eigenvalue weighted by Gasteiger charge is 2.28. The summed E-state index contributed by atoms with van der Waals surface area (Å²) in [7, 11) is 0. The van der Waals surface area contributed by atoms with E-state index in [-0.39, 0.29) is 5.91 Å². The Kier molecular flexibility index (Phi) is 4.17. The average molecular weight is 264 g/mol. The summed E-state index contributed by atoms with van der Waals surface area (Å²) in [6.45, 7) is 1.89. The Hall–Kier alpha value is -1.16. The number of nitrogens with two attached hydrogens (primary N) is 1. The molecule has 0 saturated heterocycles. The fourth-order valence-corrected chi connectivity index (χ4v) is 3.45. The number of hydrogen-bond donors (Lipinski definition) is 2. The smallest absolute Gasteiger partial charge is 0.251 e. The summed E-state index contributed by atoms with van der Waals surface area (Å²) in [6, 6.07) is 5.79. The summed E-state index contributed by atoms with van der Waals surface area (Å²) in [5.74, 6) is 0.00532. The fraction of sp³-hybridized carbons (Fsp3) is 0.500. The van der Waals surface area contributed by atoms with E-state index in [4.69, 9.17) is 5.73 Å². The maximum Gasteiger partial charge on any atom is 0.251 e. The van der Waals surface area contributed by atoms with E-state index in [1.54, 1.807) is 0 Å². The fourth-order valence-electron chi connectivity index (χ4n) is 2.52. The van der Waals surface area contributed by atoms with Gasteiger partial charge in [-0.05, 0) is 43.7 Å². The molecule has 0 spiro atoms. The standard InChI is InChI=1S/C14H20N2OS/c1-9-10(5-3-6-11(9)15)14(17)16-12-7-4-8-13(12)18-2/h3,5-6,12-13H,4,7-8,15H2,1-2H3,(H,16,17). The molecule has 1 aliphatic rings. The Morgan fingerprint density at radius 1 is 1.44 bits per heavy atom. The molecule has 0 heterocycles. The molecular formula is C14H20N2OS. The van der Waals surface area contributed by atoms with Gasteiger partial charge in [-0.15, -0.1) is 0 Å². The van der Waals surface area contributed by atoms with Gasteiger partial charge < -0.3 is 11.1 Å².